The van der Waals surface area contributed by atoms with E-state index in [2.05, 4.69) is 10.3 Å². The first-order valence-corrected chi connectivity index (χ1v) is 5.34. The third-order valence-corrected chi connectivity index (χ3v) is 2.35. The van der Waals surface area contributed by atoms with Crippen molar-refractivity contribution in [2.45, 2.75) is 32.0 Å². The molecule has 1 aromatic heterocycles. The third kappa shape index (κ3) is 4.23. The van der Waals surface area contributed by atoms with Crippen molar-refractivity contribution in [2.24, 2.45) is 0 Å². The van der Waals surface area contributed by atoms with Gasteiger partial charge < -0.3 is 10.4 Å². The lowest BCUT2D eigenvalue weighted by molar-refractivity contribution is -0.138. The lowest BCUT2D eigenvalue weighted by Crippen LogP contribution is -2.23. The summed E-state index contributed by atoms with van der Waals surface area (Å²) in [5, 5.41) is 11.3. The summed E-state index contributed by atoms with van der Waals surface area (Å²) in [4.78, 5) is 14.3. The topological polar surface area (TPSA) is 62.2 Å². The van der Waals surface area contributed by atoms with Gasteiger partial charge >= 0.3 is 12.1 Å². The van der Waals surface area contributed by atoms with Crippen LogP contribution in [0.2, 0.25) is 0 Å². The van der Waals surface area contributed by atoms with E-state index in [0.717, 1.165) is 18.3 Å². The fraction of sp³-hybridized carbons (Fsp3) is 0.455. The molecule has 100 valence electrons. The first-order chi connectivity index (χ1) is 8.32. The van der Waals surface area contributed by atoms with E-state index in [1.807, 2.05) is 0 Å². The van der Waals surface area contributed by atoms with E-state index in [0.29, 0.717) is 6.42 Å². The second-order valence-electron chi connectivity index (χ2n) is 3.77. The first kappa shape index (κ1) is 14.3. The lowest BCUT2D eigenvalue weighted by Gasteiger charge is -2.16. The van der Waals surface area contributed by atoms with Gasteiger partial charge in [-0.2, -0.15) is 13.2 Å². The van der Waals surface area contributed by atoms with Gasteiger partial charge in [-0.15, -0.1) is 0 Å². The fourth-order valence-corrected chi connectivity index (χ4v) is 1.40. The Kier molecular flexibility index (Phi) is 4.52. The zero-order valence-electron chi connectivity index (χ0n) is 9.66. The number of rotatable bonds is 5. The molecule has 1 unspecified atom stereocenters. The predicted molar refractivity (Wildman–Crippen MR) is 59.2 cm³/mol. The Hall–Kier alpha value is -1.79. The largest absolute Gasteiger partial charge is 0.481 e. The average molecular weight is 262 g/mol. The number of nitrogens with one attached hydrogen (secondary N) is 1. The van der Waals surface area contributed by atoms with Gasteiger partial charge in [-0.1, -0.05) is 6.92 Å². The van der Waals surface area contributed by atoms with Crippen LogP contribution in [0.4, 0.5) is 19.0 Å². The summed E-state index contributed by atoms with van der Waals surface area (Å²) in [6.07, 6.45) is -3.09. The standard InChI is InChI=1S/C11H13F3N2O2/c1-2-8(6-10(17)18)16-9-5-7(3-4-15-9)11(12,13)14/h3-5,8H,2,6H2,1H3,(H,15,16)(H,17,18). The van der Waals surface area contributed by atoms with Crippen molar-refractivity contribution >= 4 is 11.8 Å². The predicted octanol–water partition coefficient (Wildman–Crippen LogP) is 2.77. The molecule has 0 saturated heterocycles. The molecule has 1 aromatic rings. The Balaban J connectivity index is 2.81. The number of carboxylic acids is 1. The van der Waals surface area contributed by atoms with Crippen molar-refractivity contribution in [3.8, 4) is 0 Å². The molecule has 1 rings (SSSR count). The molecule has 1 heterocycles. The lowest BCUT2D eigenvalue weighted by atomic mass is 10.1. The summed E-state index contributed by atoms with van der Waals surface area (Å²) in [5.74, 6) is -0.987. The maximum absolute atomic E-state index is 12.4. The minimum atomic E-state index is -4.44. The van der Waals surface area contributed by atoms with Crippen LogP contribution in [-0.2, 0) is 11.0 Å². The van der Waals surface area contributed by atoms with Crippen LogP contribution in [-0.4, -0.2) is 22.1 Å². The zero-order chi connectivity index (χ0) is 13.8. The Morgan fingerprint density at radius 3 is 2.72 bits per heavy atom. The molecular weight excluding hydrogens is 249 g/mol. The van der Waals surface area contributed by atoms with Gasteiger partial charge in [0.15, 0.2) is 0 Å². The number of nitrogens with zero attached hydrogens (tertiary/aromatic N) is 1. The van der Waals surface area contributed by atoms with Gasteiger partial charge in [0.05, 0.1) is 12.0 Å². The van der Waals surface area contributed by atoms with E-state index in [1.54, 1.807) is 6.92 Å². The van der Waals surface area contributed by atoms with E-state index >= 15 is 0 Å². The molecule has 7 heteroatoms. The van der Waals surface area contributed by atoms with Crippen LogP contribution in [0.25, 0.3) is 0 Å². The molecule has 4 nitrogen and oxygen atoms in total. The first-order valence-electron chi connectivity index (χ1n) is 5.34. The number of hydrogen-bond donors (Lipinski definition) is 2. The van der Waals surface area contributed by atoms with Crippen molar-refractivity contribution in [2.75, 3.05) is 5.32 Å². The van der Waals surface area contributed by atoms with Crippen molar-refractivity contribution in [1.29, 1.82) is 0 Å². The van der Waals surface area contributed by atoms with E-state index < -0.39 is 23.8 Å². The number of halogens is 3. The summed E-state index contributed by atoms with van der Waals surface area (Å²) in [7, 11) is 0. The van der Waals surface area contributed by atoms with E-state index in [-0.39, 0.29) is 12.2 Å². The number of aliphatic carboxylic acids is 1. The molecule has 2 N–H and O–H groups in total. The Bertz CT molecular complexity index is 421. The normalized spacial score (nSPS) is 13.1. The third-order valence-electron chi connectivity index (χ3n) is 2.35. The highest BCUT2D eigenvalue weighted by Gasteiger charge is 2.30. The van der Waals surface area contributed by atoms with Gasteiger partial charge in [-0.3, -0.25) is 4.79 Å². The maximum atomic E-state index is 12.4. The summed E-state index contributed by atoms with van der Waals surface area (Å²) in [5.41, 5.74) is -0.815. The number of carboxylic acid groups (broad SMARTS) is 1. The summed E-state index contributed by atoms with van der Waals surface area (Å²) in [6.45, 7) is 1.74. The number of pyridine rings is 1. The van der Waals surface area contributed by atoms with E-state index in [4.69, 9.17) is 5.11 Å². The highest BCUT2D eigenvalue weighted by atomic mass is 19.4. The summed E-state index contributed by atoms with van der Waals surface area (Å²) >= 11 is 0. The van der Waals surface area contributed by atoms with Crippen LogP contribution < -0.4 is 5.32 Å². The van der Waals surface area contributed by atoms with Crippen molar-refractivity contribution in [3.05, 3.63) is 23.9 Å². The molecule has 18 heavy (non-hydrogen) atoms. The summed E-state index contributed by atoms with van der Waals surface area (Å²) in [6, 6.07) is 1.28. The van der Waals surface area contributed by atoms with Crippen molar-refractivity contribution < 1.29 is 23.1 Å². The van der Waals surface area contributed by atoms with Gasteiger partial charge in [-0.05, 0) is 18.6 Å². The van der Waals surface area contributed by atoms with Gasteiger partial charge in [-0.25, -0.2) is 4.98 Å². The van der Waals surface area contributed by atoms with Crippen LogP contribution in [0.1, 0.15) is 25.3 Å². The van der Waals surface area contributed by atoms with Gasteiger partial charge in [0.1, 0.15) is 5.82 Å². The number of anilines is 1. The van der Waals surface area contributed by atoms with Crippen LogP contribution in [0.15, 0.2) is 18.3 Å². The monoisotopic (exact) mass is 262 g/mol. The smallest absolute Gasteiger partial charge is 0.416 e. The Labute approximate surface area is 102 Å². The second-order valence-corrected chi connectivity index (χ2v) is 3.77. The highest BCUT2D eigenvalue weighted by molar-refractivity contribution is 5.68. The number of carbonyl (C=O) groups is 1. The quantitative estimate of drug-likeness (QED) is 0.856. The zero-order valence-corrected chi connectivity index (χ0v) is 9.66. The van der Waals surface area contributed by atoms with Gasteiger partial charge in [0.2, 0.25) is 0 Å². The SMILES string of the molecule is CCC(CC(=O)O)Nc1cc(C(F)(F)F)ccn1. The van der Waals surface area contributed by atoms with Crippen LogP contribution >= 0.6 is 0 Å². The molecule has 0 fully saturated rings. The van der Waals surface area contributed by atoms with Crippen molar-refractivity contribution in [1.82, 2.24) is 4.98 Å². The number of aromatic nitrogens is 1. The van der Waals surface area contributed by atoms with E-state index in [1.165, 1.54) is 0 Å². The molecule has 1 atom stereocenters. The van der Waals surface area contributed by atoms with Gasteiger partial charge in [0, 0.05) is 12.2 Å². The van der Waals surface area contributed by atoms with Crippen LogP contribution in [0.5, 0.6) is 0 Å². The molecule has 0 amide bonds. The number of alkyl halides is 3. The molecule has 0 aromatic carbocycles. The average Bonchev–Trinajstić information content (AvgIpc) is 2.26. The van der Waals surface area contributed by atoms with Crippen LogP contribution in [0, 0.1) is 0 Å². The van der Waals surface area contributed by atoms with E-state index in [9.17, 15) is 18.0 Å². The molecule has 0 aliphatic carbocycles. The Morgan fingerprint density at radius 2 is 2.22 bits per heavy atom. The number of hydrogen-bond acceptors (Lipinski definition) is 3. The molecule has 0 aliphatic rings. The van der Waals surface area contributed by atoms with Crippen LogP contribution in [0.3, 0.4) is 0 Å². The second kappa shape index (κ2) is 5.70. The van der Waals surface area contributed by atoms with Gasteiger partial charge in [0.25, 0.3) is 0 Å². The molecule has 0 radical (unpaired) electrons. The maximum Gasteiger partial charge on any atom is 0.416 e. The van der Waals surface area contributed by atoms with Crippen molar-refractivity contribution in [3.63, 3.8) is 0 Å². The molecule has 0 saturated carbocycles. The summed E-state index contributed by atoms with van der Waals surface area (Å²) < 4.78 is 37.3. The minimum Gasteiger partial charge on any atom is -0.481 e. The molecule has 0 aliphatic heterocycles. The Morgan fingerprint density at radius 1 is 1.56 bits per heavy atom. The molecule has 0 spiro atoms. The molecule has 0 bridgehead atoms. The fourth-order valence-electron chi connectivity index (χ4n) is 1.40. The minimum absolute atomic E-state index is 0.0259. The molecular formula is C11H13F3N2O2. The highest BCUT2D eigenvalue weighted by Crippen LogP contribution is 2.30.